The molecule has 1 atom stereocenters. The second kappa shape index (κ2) is 5.31. The molecule has 1 amide bonds. The quantitative estimate of drug-likeness (QED) is 0.836. The molecule has 0 aromatic carbocycles. The number of carbonyl (C=O) groups is 1. The minimum absolute atomic E-state index is 0.0896. The fourth-order valence-corrected chi connectivity index (χ4v) is 2.47. The zero-order valence-corrected chi connectivity index (χ0v) is 10.3. The number of aryl methyl sites for hydroxylation is 1. The van der Waals surface area contributed by atoms with Gasteiger partial charge in [0.25, 0.3) is 5.91 Å². The van der Waals surface area contributed by atoms with Gasteiger partial charge in [-0.2, -0.15) is 5.10 Å². The lowest BCUT2D eigenvalue weighted by molar-refractivity contribution is 0.0658. The molecule has 2 N–H and O–H groups in total. The zero-order valence-electron chi connectivity index (χ0n) is 10.3. The smallest absolute Gasteiger partial charge is 0.272 e. The number of nitrogens with two attached hydrogens (primary N) is 1. The highest BCUT2D eigenvalue weighted by atomic mass is 16.2. The lowest BCUT2D eigenvalue weighted by atomic mass is 9.94. The number of hydrogen-bond donors (Lipinski definition) is 1. The monoisotopic (exact) mass is 236 g/mol. The maximum atomic E-state index is 12.3. The van der Waals surface area contributed by atoms with Crippen molar-refractivity contribution in [3.05, 3.63) is 18.0 Å². The predicted molar refractivity (Wildman–Crippen MR) is 65.5 cm³/mol. The van der Waals surface area contributed by atoms with E-state index in [1.54, 1.807) is 24.0 Å². The first kappa shape index (κ1) is 12.1. The topological polar surface area (TPSA) is 64.2 Å². The number of carbonyl (C=O) groups excluding carboxylic acids is 1. The summed E-state index contributed by atoms with van der Waals surface area (Å²) in [6.45, 7) is 2.39. The Kier molecular flexibility index (Phi) is 3.78. The number of amides is 1. The van der Waals surface area contributed by atoms with Gasteiger partial charge in [-0.05, 0) is 37.8 Å². The molecule has 1 aliphatic rings. The number of likely N-dealkylation sites (tertiary alicyclic amines) is 1. The highest BCUT2D eigenvalue weighted by molar-refractivity contribution is 5.92. The third-order valence-electron chi connectivity index (χ3n) is 3.42. The van der Waals surface area contributed by atoms with Crippen LogP contribution in [-0.2, 0) is 7.05 Å². The van der Waals surface area contributed by atoms with Crippen molar-refractivity contribution in [1.82, 2.24) is 14.7 Å². The number of nitrogens with zero attached hydrogens (tertiary/aromatic N) is 3. The van der Waals surface area contributed by atoms with Crippen LogP contribution in [0.4, 0.5) is 0 Å². The van der Waals surface area contributed by atoms with E-state index >= 15 is 0 Å². The summed E-state index contributed by atoms with van der Waals surface area (Å²) in [5, 5.41) is 4.04. The van der Waals surface area contributed by atoms with E-state index < -0.39 is 0 Å². The minimum atomic E-state index is 0.0896. The van der Waals surface area contributed by atoms with Crippen LogP contribution in [0.5, 0.6) is 0 Å². The summed E-state index contributed by atoms with van der Waals surface area (Å²) in [4.78, 5) is 14.2. The summed E-state index contributed by atoms with van der Waals surface area (Å²) in [5.41, 5.74) is 6.25. The van der Waals surface area contributed by atoms with Gasteiger partial charge in [0.2, 0.25) is 0 Å². The largest absolute Gasteiger partial charge is 0.337 e. The second-order valence-electron chi connectivity index (χ2n) is 4.68. The van der Waals surface area contributed by atoms with Crippen LogP contribution in [0.25, 0.3) is 0 Å². The van der Waals surface area contributed by atoms with Gasteiger partial charge in [0.15, 0.2) is 0 Å². The molecule has 1 unspecified atom stereocenters. The van der Waals surface area contributed by atoms with E-state index in [0.29, 0.717) is 18.2 Å². The Balaban J connectivity index is 2.02. The highest BCUT2D eigenvalue weighted by Gasteiger charge is 2.25. The Bertz CT molecular complexity index is 386. The molecular weight excluding hydrogens is 216 g/mol. The van der Waals surface area contributed by atoms with Gasteiger partial charge in [-0.15, -0.1) is 0 Å². The molecule has 0 spiro atoms. The number of piperidine rings is 1. The maximum absolute atomic E-state index is 12.3. The van der Waals surface area contributed by atoms with Gasteiger partial charge in [-0.3, -0.25) is 9.48 Å². The molecule has 1 aliphatic heterocycles. The molecule has 1 fully saturated rings. The van der Waals surface area contributed by atoms with Crippen molar-refractivity contribution in [1.29, 1.82) is 0 Å². The van der Waals surface area contributed by atoms with Crippen LogP contribution in [0.3, 0.4) is 0 Å². The lowest BCUT2D eigenvalue weighted by Gasteiger charge is -2.32. The Morgan fingerprint density at radius 3 is 3.12 bits per heavy atom. The molecule has 94 valence electrons. The molecule has 17 heavy (non-hydrogen) atoms. The SMILES string of the molecule is Cn1nccc1C(=O)N1CCCC(CCN)C1. The van der Waals surface area contributed by atoms with Crippen molar-refractivity contribution >= 4 is 5.91 Å². The second-order valence-corrected chi connectivity index (χ2v) is 4.68. The standard InChI is InChI=1S/C12H20N4O/c1-15-11(5-7-14-15)12(17)16-8-2-3-10(9-16)4-6-13/h5,7,10H,2-4,6,8-9,13H2,1H3. The molecule has 0 radical (unpaired) electrons. The lowest BCUT2D eigenvalue weighted by Crippen LogP contribution is -2.41. The molecule has 0 bridgehead atoms. The number of hydrogen-bond acceptors (Lipinski definition) is 3. The van der Waals surface area contributed by atoms with E-state index in [1.165, 1.54) is 6.42 Å². The molecule has 1 aromatic heterocycles. The first-order chi connectivity index (χ1) is 8.22. The summed E-state index contributed by atoms with van der Waals surface area (Å²) < 4.78 is 1.63. The van der Waals surface area contributed by atoms with Gasteiger partial charge < -0.3 is 10.6 Å². The maximum Gasteiger partial charge on any atom is 0.272 e. The van der Waals surface area contributed by atoms with E-state index in [0.717, 1.165) is 25.9 Å². The van der Waals surface area contributed by atoms with E-state index in [2.05, 4.69) is 5.10 Å². The molecule has 0 saturated carbocycles. The van der Waals surface area contributed by atoms with Crippen LogP contribution in [0.15, 0.2) is 12.3 Å². The van der Waals surface area contributed by atoms with Crippen LogP contribution in [-0.4, -0.2) is 40.2 Å². The fraction of sp³-hybridized carbons (Fsp3) is 0.667. The molecule has 5 heteroatoms. The zero-order chi connectivity index (χ0) is 12.3. The van der Waals surface area contributed by atoms with Crippen LogP contribution in [0.2, 0.25) is 0 Å². The fourth-order valence-electron chi connectivity index (χ4n) is 2.47. The molecule has 1 saturated heterocycles. The third kappa shape index (κ3) is 2.66. The number of aromatic nitrogens is 2. The molecule has 5 nitrogen and oxygen atoms in total. The Morgan fingerprint density at radius 1 is 1.65 bits per heavy atom. The van der Waals surface area contributed by atoms with E-state index in [4.69, 9.17) is 5.73 Å². The van der Waals surface area contributed by atoms with Crippen molar-refractivity contribution in [2.45, 2.75) is 19.3 Å². The van der Waals surface area contributed by atoms with Crippen molar-refractivity contribution in [3.8, 4) is 0 Å². The van der Waals surface area contributed by atoms with Crippen molar-refractivity contribution in [2.75, 3.05) is 19.6 Å². The molecule has 0 aliphatic carbocycles. The average molecular weight is 236 g/mol. The Morgan fingerprint density at radius 2 is 2.47 bits per heavy atom. The van der Waals surface area contributed by atoms with Crippen molar-refractivity contribution in [2.24, 2.45) is 18.7 Å². The van der Waals surface area contributed by atoms with Crippen LogP contribution >= 0.6 is 0 Å². The summed E-state index contributed by atoms with van der Waals surface area (Å²) in [7, 11) is 1.80. The Labute approximate surface area is 102 Å². The third-order valence-corrected chi connectivity index (χ3v) is 3.42. The summed E-state index contributed by atoms with van der Waals surface area (Å²) in [6, 6.07) is 1.77. The van der Waals surface area contributed by atoms with Gasteiger partial charge >= 0.3 is 0 Å². The first-order valence-electron chi connectivity index (χ1n) is 6.19. The van der Waals surface area contributed by atoms with Gasteiger partial charge in [0.05, 0.1) is 0 Å². The Hall–Kier alpha value is -1.36. The van der Waals surface area contributed by atoms with Gasteiger partial charge in [-0.25, -0.2) is 0 Å². The van der Waals surface area contributed by atoms with Gasteiger partial charge in [0.1, 0.15) is 5.69 Å². The van der Waals surface area contributed by atoms with Gasteiger partial charge in [0, 0.05) is 26.3 Å². The van der Waals surface area contributed by atoms with Crippen LogP contribution in [0.1, 0.15) is 29.8 Å². The summed E-state index contributed by atoms with van der Waals surface area (Å²) in [5.74, 6) is 0.651. The van der Waals surface area contributed by atoms with Crippen molar-refractivity contribution in [3.63, 3.8) is 0 Å². The average Bonchev–Trinajstić information content (AvgIpc) is 2.75. The van der Waals surface area contributed by atoms with Crippen LogP contribution < -0.4 is 5.73 Å². The van der Waals surface area contributed by atoms with Crippen LogP contribution in [0, 0.1) is 5.92 Å². The molecular formula is C12H20N4O. The summed E-state index contributed by atoms with van der Waals surface area (Å²) >= 11 is 0. The van der Waals surface area contributed by atoms with E-state index in [-0.39, 0.29) is 5.91 Å². The van der Waals surface area contributed by atoms with Crippen molar-refractivity contribution < 1.29 is 4.79 Å². The molecule has 1 aromatic rings. The molecule has 2 rings (SSSR count). The first-order valence-corrected chi connectivity index (χ1v) is 6.19. The predicted octanol–water partition coefficient (Wildman–Crippen LogP) is 0.621. The number of rotatable bonds is 3. The molecule has 2 heterocycles. The highest BCUT2D eigenvalue weighted by Crippen LogP contribution is 2.20. The van der Waals surface area contributed by atoms with E-state index in [9.17, 15) is 4.79 Å². The van der Waals surface area contributed by atoms with Gasteiger partial charge in [-0.1, -0.05) is 0 Å². The normalized spacial score (nSPS) is 20.6. The summed E-state index contributed by atoms with van der Waals surface area (Å²) in [6.07, 6.45) is 4.93. The van der Waals surface area contributed by atoms with E-state index in [1.807, 2.05) is 4.90 Å². The minimum Gasteiger partial charge on any atom is -0.337 e.